The van der Waals surface area contributed by atoms with E-state index in [1.165, 1.54) is 0 Å². The molecule has 47 heavy (non-hydrogen) atoms. The number of ether oxygens (including phenoxy) is 2. The van der Waals surface area contributed by atoms with Gasteiger partial charge in [0.15, 0.2) is 0 Å². The van der Waals surface area contributed by atoms with E-state index in [0.29, 0.717) is 33.1 Å². The molecular weight excluding hydrogens is 614 g/mol. The lowest BCUT2D eigenvalue weighted by atomic mass is 9.91. The number of aromatic nitrogens is 1. The number of para-hydroxylation sites is 1. The van der Waals surface area contributed by atoms with Crippen LogP contribution in [0.4, 0.5) is 5.69 Å². The average Bonchev–Trinajstić information content (AvgIpc) is 3.35. The Labute approximate surface area is 279 Å². The predicted molar refractivity (Wildman–Crippen MR) is 185 cm³/mol. The molecule has 9 heteroatoms. The van der Waals surface area contributed by atoms with Crippen LogP contribution in [0.15, 0.2) is 97.1 Å². The van der Waals surface area contributed by atoms with E-state index in [4.69, 9.17) is 21.1 Å². The second-order valence-corrected chi connectivity index (χ2v) is 12.1. The van der Waals surface area contributed by atoms with Crippen molar-refractivity contribution in [2.45, 2.75) is 38.8 Å². The molecule has 1 heterocycles. The normalized spacial score (nSPS) is 12.3. The van der Waals surface area contributed by atoms with Gasteiger partial charge >= 0.3 is 5.97 Å². The first-order chi connectivity index (χ1) is 22.6. The molecule has 0 saturated heterocycles. The number of rotatable bonds is 11. The van der Waals surface area contributed by atoms with Crippen LogP contribution in [0.1, 0.15) is 45.6 Å². The Balaban J connectivity index is 1.30. The average molecular weight is 652 g/mol. The third-order valence-corrected chi connectivity index (χ3v) is 8.62. The Bertz CT molecular complexity index is 1880. The molecule has 0 aliphatic heterocycles. The van der Waals surface area contributed by atoms with Gasteiger partial charge in [0, 0.05) is 47.4 Å². The summed E-state index contributed by atoms with van der Waals surface area (Å²) in [4.78, 5) is 41.5. The highest BCUT2D eigenvalue weighted by molar-refractivity contribution is 6.30. The second-order valence-electron chi connectivity index (χ2n) is 11.7. The number of fused-ring (bicyclic) bond motifs is 1. The van der Waals surface area contributed by atoms with Crippen molar-refractivity contribution in [1.82, 2.24) is 9.47 Å². The fraction of sp³-hybridized carbons (Fsp3) is 0.237. The fourth-order valence-corrected chi connectivity index (χ4v) is 5.78. The van der Waals surface area contributed by atoms with Gasteiger partial charge in [-0.3, -0.25) is 19.0 Å². The first kappa shape index (κ1) is 33.3. The van der Waals surface area contributed by atoms with Gasteiger partial charge in [-0.2, -0.15) is 0 Å². The monoisotopic (exact) mass is 651 g/mol. The number of likely N-dealkylation sites (N-methyl/N-ethyl adjacent to an activating group) is 1. The van der Waals surface area contributed by atoms with Gasteiger partial charge in [0.05, 0.1) is 19.0 Å². The number of esters is 1. The summed E-state index contributed by atoms with van der Waals surface area (Å²) in [5, 5.41) is 4.66. The molecule has 0 fully saturated rings. The molecule has 8 nitrogen and oxygen atoms in total. The maximum atomic E-state index is 13.6. The van der Waals surface area contributed by atoms with Crippen LogP contribution < -0.4 is 10.1 Å². The smallest absolute Gasteiger partial charge is 0.310 e. The molecule has 0 bridgehead atoms. The summed E-state index contributed by atoms with van der Waals surface area (Å²) < 4.78 is 12.8. The molecule has 4 aromatic carbocycles. The van der Waals surface area contributed by atoms with Crippen LogP contribution in [0.2, 0.25) is 5.02 Å². The number of halogens is 1. The van der Waals surface area contributed by atoms with Crippen LogP contribution in [-0.2, 0) is 27.4 Å². The molecule has 0 saturated carbocycles. The van der Waals surface area contributed by atoms with Gasteiger partial charge in [-0.05, 0) is 78.2 Å². The molecular formula is C38H38ClN3O5. The molecule has 0 unspecified atom stereocenters. The van der Waals surface area contributed by atoms with Crippen molar-refractivity contribution in [3.63, 3.8) is 0 Å². The van der Waals surface area contributed by atoms with Crippen LogP contribution in [-0.4, -0.2) is 54.5 Å². The van der Waals surface area contributed by atoms with Gasteiger partial charge in [0.25, 0.3) is 5.91 Å². The molecule has 242 valence electrons. The summed E-state index contributed by atoms with van der Waals surface area (Å²) in [6, 6.07) is 29.1. The van der Waals surface area contributed by atoms with Crippen LogP contribution in [0, 0.1) is 6.92 Å². The van der Waals surface area contributed by atoms with Crippen molar-refractivity contribution in [3.8, 4) is 5.75 Å². The highest BCUT2D eigenvalue weighted by atomic mass is 35.5. The van der Waals surface area contributed by atoms with Crippen molar-refractivity contribution in [1.29, 1.82) is 0 Å². The van der Waals surface area contributed by atoms with E-state index in [0.717, 1.165) is 22.2 Å². The lowest BCUT2D eigenvalue weighted by Gasteiger charge is -2.28. The van der Waals surface area contributed by atoms with Crippen LogP contribution in [0.5, 0.6) is 5.75 Å². The maximum Gasteiger partial charge on any atom is 0.310 e. The number of carbonyl (C=O) groups excluding carboxylic acids is 3. The summed E-state index contributed by atoms with van der Waals surface area (Å²) in [6.07, 6.45) is -0.0228. The van der Waals surface area contributed by atoms with Gasteiger partial charge in [-0.25, -0.2) is 0 Å². The van der Waals surface area contributed by atoms with Gasteiger partial charge < -0.3 is 19.7 Å². The quantitative estimate of drug-likeness (QED) is 0.151. The van der Waals surface area contributed by atoms with Crippen molar-refractivity contribution in [2.75, 3.05) is 26.5 Å². The van der Waals surface area contributed by atoms with Gasteiger partial charge in [0.2, 0.25) is 5.91 Å². The number of nitrogens with one attached hydrogen (secondary N) is 1. The largest absolute Gasteiger partial charge is 0.497 e. The zero-order valence-corrected chi connectivity index (χ0v) is 27.9. The highest BCUT2D eigenvalue weighted by Crippen LogP contribution is 2.31. The van der Waals surface area contributed by atoms with Crippen LogP contribution >= 0.6 is 11.6 Å². The van der Waals surface area contributed by atoms with Gasteiger partial charge in [0.1, 0.15) is 18.4 Å². The third kappa shape index (κ3) is 7.50. The molecule has 0 aliphatic rings. The molecule has 0 radical (unpaired) electrons. The standard InChI is InChI=1S/C38H38ClN3O5/c1-24(36(38(45)41(3)4)40-30-9-7-6-8-10-30)27-13-11-26(12-14-27)23-47-35(43)22-32-25(2)42(34-20-19-31(46-5)21-33(32)34)37(44)28-15-17-29(39)18-16-28/h6-21,24,36,40H,22-23H2,1-5H3/t24-,36-/m0/s1. The topological polar surface area (TPSA) is 89.9 Å². The summed E-state index contributed by atoms with van der Waals surface area (Å²) in [5.74, 6) is -0.184. The molecule has 0 spiro atoms. The summed E-state index contributed by atoms with van der Waals surface area (Å²) in [7, 11) is 5.07. The van der Waals surface area contributed by atoms with Gasteiger partial charge in [-0.15, -0.1) is 0 Å². The van der Waals surface area contributed by atoms with E-state index in [1.54, 1.807) is 61.0 Å². The molecule has 1 N–H and O–H groups in total. The van der Waals surface area contributed by atoms with E-state index in [9.17, 15) is 14.4 Å². The number of hydrogen-bond acceptors (Lipinski definition) is 6. The van der Waals surface area contributed by atoms with Crippen LogP contribution in [0.25, 0.3) is 10.9 Å². The SMILES string of the molecule is COc1ccc2c(c1)c(CC(=O)OCc1ccc([C@H](C)[C@H](Nc3ccccc3)C(=O)N(C)C)cc1)c(C)n2C(=O)c1ccc(Cl)cc1. The third-order valence-electron chi connectivity index (χ3n) is 8.37. The Morgan fingerprint density at radius 3 is 2.23 bits per heavy atom. The number of amides is 1. The Hall–Kier alpha value is -5.08. The molecule has 1 aromatic heterocycles. The maximum absolute atomic E-state index is 13.6. The van der Waals surface area contributed by atoms with E-state index < -0.39 is 12.0 Å². The summed E-state index contributed by atoms with van der Waals surface area (Å²) in [5.41, 5.74) is 5.15. The molecule has 0 aliphatic carbocycles. The first-order valence-corrected chi connectivity index (χ1v) is 15.7. The minimum absolute atomic E-state index is 0.0228. The minimum atomic E-state index is -0.466. The van der Waals surface area contributed by atoms with Crippen LogP contribution in [0.3, 0.4) is 0 Å². The zero-order chi connectivity index (χ0) is 33.7. The fourth-order valence-electron chi connectivity index (χ4n) is 5.66. The number of benzene rings is 4. The van der Waals surface area contributed by atoms with Crippen molar-refractivity contribution in [2.24, 2.45) is 0 Å². The minimum Gasteiger partial charge on any atom is -0.497 e. The van der Waals surface area contributed by atoms with Crippen molar-refractivity contribution in [3.05, 3.63) is 130 Å². The Morgan fingerprint density at radius 1 is 0.915 bits per heavy atom. The molecule has 5 aromatic rings. The Morgan fingerprint density at radius 2 is 1.60 bits per heavy atom. The number of nitrogens with zero attached hydrogens (tertiary/aromatic N) is 2. The predicted octanol–water partition coefficient (Wildman–Crippen LogP) is 7.26. The number of anilines is 1. The van der Waals surface area contributed by atoms with Crippen molar-refractivity contribution < 1.29 is 23.9 Å². The lowest BCUT2D eigenvalue weighted by molar-refractivity contribution is -0.144. The molecule has 2 atom stereocenters. The van der Waals surface area contributed by atoms with E-state index in [1.807, 2.05) is 80.6 Å². The number of carbonyl (C=O) groups is 3. The van der Waals surface area contributed by atoms with E-state index in [2.05, 4.69) is 5.32 Å². The Kier molecular flexibility index (Phi) is 10.3. The molecule has 5 rings (SSSR count). The highest BCUT2D eigenvalue weighted by Gasteiger charge is 2.28. The lowest BCUT2D eigenvalue weighted by Crippen LogP contribution is -2.42. The van der Waals surface area contributed by atoms with E-state index >= 15 is 0 Å². The van der Waals surface area contributed by atoms with Gasteiger partial charge in [-0.1, -0.05) is 61.0 Å². The molecule has 1 amide bonds. The number of methoxy groups -OCH3 is 1. The second kappa shape index (κ2) is 14.6. The first-order valence-electron chi connectivity index (χ1n) is 15.3. The summed E-state index contributed by atoms with van der Waals surface area (Å²) >= 11 is 6.04. The van der Waals surface area contributed by atoms with E-state index in [-0.39, 0.29) is 30.8 Å². The number of hydrogen-bond donors (Lipinski definition) is 1. The summed E-state index contributed by atoms with van der Waals surface area (Å²) in [6.45, 7) is 3.92. The van der Waals surface area contributed by atoms with Crippen molar-refractivity contribution >= 4 is 46.0 Å². The zero-order valence-electron chi connectivity index (χ0n) is 27.1.